The Bertz CT molecular complexity index is 505. The first-order valence-electron chi connectivity index (χ1n) is 5.08. The minimum absolute atomic E-state index is 0.156. The molecule has 2 aromatic rings. The smallest absolute Gasteiger partial charge is 0.120 e. The number of aryl methyl sites for hydroxylation is 1. The molecule has 3 nitrogen and oxygen atoms in total. The van der Waals surface area contributed by atoms with Gasteiger partial charge in [-0.3, -0.25) is 0 Å². The molecule has 4 heteroatoms. The zero-order chi connectivity index (χ0) is 11.7. The van der Waals surface area contributed by atoms with E-state index in [9.17, 15) is 5.11 Å². The molecular weight excluding hydrogens is 220 g/mol. The third-order valence-corrected chi connectivity index (χ3v) is 3.51. The van der Waals surface area contributed by atoms with Crippen LogP contribution in [0.4, 0.5) is 0 Å². The van der Waals surface area contributed by atoms with E-state index in [4.69, 9.17) is 5.73 Å². The molecule has 0 saturated heterocycles. The number of aromatic nitrogens is 1. The molecule has 0 fully saturated rings. The molecule has 0 bridgehead atoms. The van der Waals surface area contributed by atoms with Gasteiger partial charge in [0.05, 0.1) is 16.1 Å². The number of nitrogens with zero attached hydrogens (tertiary/aromatic N) is 1. The van der Waals surface area contributed by atoms with Crippen LogP contribution < -0.4 is 5.73 Å². The predicted molar refractivity (Wildman–Crippen MR) is 66.6 cm³/mol. The zero-order valence-electron chi connectivity index (χ0n) is 9.27. The molecule has 3 N–H and O–H groups in total. The summed E-state index contributed by atoms with van der Waals surface area (Å²) in [5, 5.41) is 9.86. The van der Waals surface area contributed by atoms with Crippen LogP contribution in [-0.4, -0.2) is 10.1 Å². The summed E-state index contributed by atoms with van der Waals surface area (Å²) in [6.45, 7) is 3.81. The molecule has 0 spiro atoms. The molecule has 1 heterocycles. The number of phenolic OH excluding ortho intramolecular Hbond substituents is 1. The molecule has 1 aromatic carbocycles. The highest BCUT2D eigenvalue weighted by Gasteiger charge is 2.10. The van der Waals surface area contributed by atoms with Gasteiger partial charge in [0.25, 0.3) is 0 Å². The molecule has 1 aromatic heterocycles. The van der Waals surface area contributed by atoms with Crippen molar-refractivity contribution in [2.45, 2.75) is 19.9 Å². The van der Waals surface area contributed by atoms with Gasteiger partial charge in [0.1, 0.15) is 5.75 Å². The molecule has 16 heavy (non-hydrogen) atoms. The highest BCUT2D eigenvalue weighted by Crippen LogP contribution is 2.32. The second-order valence-corrected chi connectivity index (χ2v) is 4.68. The van der Waals surface area contributed by atoms with E-state index in [1.165, 1.54) is 0 Å². The van der Waals surface area contributed by atoms with E-state index in [0.29, 0.717) is 0 Å². The predicted octanol–water partition coefficient (Wildman–Crippen LogP) is 2.84. The monoisotopic (exact) mass is 234 g/mol. The van der Waals surface area contributed by atoms with E-state index in [0.717, 1.165) is 21.7 Å². The van der Waals surface area contributed by atoms with Crippen LogP contribution in [0.2, 0.25) is 0 Å². The lowest BCUT2D eigenvalue weighted by Gasteiger charge is -2.09. The maximum absolute atomic E-state index is 9.86. The minimum atomic E-state index is -0.156. The molecule has 0 radical (unpaired) electrons. The van der Waals surface area contributed by atoms with Crippen molar-refractivity contribution < 1.29 is 5.11 Å². The van der Waals surface area contributed by atoms with E-state index in [-0.39, 0.29) is 11.8 Å². The molecule has 0 aliphatic carbocycles. The SMILES string of the molecule is Cc1ncsc1-c1ccc([C@H](C)N)c(O)c1. The fraction of sp³-hybridized carbons (Fsp3) is 0.250. The third-order valence-electron chi connectivity index (χ3n) is 2.53. The minimum Gasteiger partial charge on any atom is -0.508 e. The van der Waals surface area contributed by atoms with E-state index < -0.39 is 0 Å². The van der Waals surface area contributed by atoms with Crippen molar-refractivity contribution in [3.05, 3.63) is 35.0 Å². The average Bonchev–Trinajstić information content (AvgIpc) is 2.63. The van der Waals surface area contributed by atoms with Gasteiger partial charge in [-0.15, -0.1) is 11.3 Å². The van der Waals surface area contributed by atoms with Gasteiger partial charge in [-0.25, -0.2) is 4.98 Å². The van der Waals surface area contributed by atoms with Gasteiger partial charge in [-0.2, -0.15) is 0 Å². The molecule has 0 aliphatic rings. The van der Waals surface area contributed by atoms with Crippen molar-refractivity contribution in [1.82, 2.24) is 4.98 Å². The quantitative estimate of drug-likeness (QED) is 0.840. The van der Waals surface area contributed by atoms with Gasteiger partial charge in [0.15, 0.2) is 0 Å². The topological polar surface area (TPSA) is 59.1 Å². The van der Waals surface area contributed by atoms with Gasteiger partial charge in [0.2, 0.25) is 0 Å². The lowest BCUT2D eigenvalue weighted by Crippen LogP contribution is -2.04. The number of thiazole rings is 1. The number of benzene rings is 1. The molecule has 1 atom stereocenters. The third kappa shape index (κ3) is 1.94. The lowest BCUT2D eigenvalue weighted by molar-refractivity contribution is 0.464. The van der Waals surface area contributed by atoms with Crippen molar-refractivity contribution in [1.29, 1.82) is 0 Å². The first kappa shape index (κ1) is 11.1. The molecule has 0 unspecified atom stereocenters. The van der Waals surface area contributed by atoms with Gasteiger partial charge in [-0.1, -0.05) is 12.1 Å². The molecular formula is C12H14N2OS. The van der Waals surface area contributed by atoms with Gasteiger partial charge >= 0.3 is 0 Å². The van der Waals surface area contributed by atoms with E-state index in [2.05, 4.69) is 4.98 Å². The van der Waals surface area contributed by atoms with Gasteiger partial charge in [0, 0.05) is 11.6 Å². The summed E-state index contributed by atoms with van der Waals surface area (Å²) in [5.41, 5.74) is 10.3. The number of hydrogen-bond donors (Lipinski definition) is 2. The molecule has 0 saturated carbocycles. The Morgan fingerprint density at radius 2 is 2.19 bits per heavy atom. The molecule has 84 valence electrons. The van der Waals surface area contributed by atoms with Crippen molar-refractivity contribution in [3.63, 3.8) is 0 Å². The Morgan fingerprint density at radius 3 is 2.69 bits per heavy atom. The summed E-state index contributed by atoms with van der Waals surface area (Å²) < 4.78 is 0. The highest BCUT2D eigenvalue weighted by atomic mass is 32.1. The van der Waals surface area contributed by atoms with Crippen LogP contribution in [0, 0.1) is 6.92 Å². The zero-order valence-corrected chi connectivity index (χ0v) is 10.1. The Kier molecular flexibility index (Phi) is 2.94. The van der Waals surface area contributed by atoms with Crippen LogP contribution in [0.1, 0.15) is 24.2 Å². The fourth-order valence-corrected chi connectivity index (χ4v) is 2.45. The second kappa shape index (κ2) is 4.23. The van der Waals surface area contributed by atoms with Crippen LogP contribution >= 0.6 is 11.3 Å². The van der Waals surface area contributed by atoms with Gasteiger partial charge < -0.3 is 10.8 Å². The van der Waals surface area contributed by atoms with Crippen LogP contribution in [0.25, 0.3) is 10.4 Å². The summed E-state index contributed by atoms with van der Waals surface area (Å²) in [7, 11) is 0. The summed E-state index contributed by atoms with van der Waals surface area (Å²) in [6, 6.07) is 5.43. The maximum Gasteiger partial charge on any atom is 0.120 e. The number of rotatable bonds is 2. The summed E-state index contributed by atoms with van der Waals surface area (Å²) in [6.07, 6.45) is 0. The largest absolute Gasteiger partial charge is 0.508 e. The van der Waals surface area contributed by atoms with Crippen LogP contribution in [-0.2, 0) is 0 Å². The number of nitrogens with two attached hydrogens (primary N) is 1. The Morgan fingerprint density at radius 1 is 1.44 bits per heavy atom. The standard InChI is InChI=1S/C12H14N2OS/c1-7(13)10-4-3-9(5-11(10)15)12-8(2)14-6-16-12/h3-7,15H,13H2,1-2H3/t7-/m0/s1. The Labute approximate surface area is 98.6 Å². The lowest BCUT2D eigenvalue weighted by atomic mass is 10.0. The van der Waals surface area contributed by atoms with Crippen molar-refractivity contribution in [2.75, 3.05) is 0 Å². The van der Waals surface area contributed by atoms with Crippen LogP contribution in [0.15, 0.2) is 23.7 Å². The fourth-order valence-electron chi connectivity index (χ4n) is 1.65. The molecule has 0 aliphatic heterocycles. The van der Waals surface area contributed by atoms with E-state index >= 15 is 0 Å². The number of phenols is 1. The molecule has 0 amide bonds. The summed E-state index contributed by atoms with van der Waals surface area (Å²) in [4.78, 5) is 5.28. The molecule has 2 rings (SSSR count). The van der Waals surface area contributed by atoms with E-state index in [1.54, 1.807) is 22.9 Å². The van der Waals surface area contributed by atoms with Crippen LogP contribution in [0.3, 0.4) is 0 Å². The first-order chi connectivity index (χ1) is 7.59. The Hall–Kier alpha value is -1.39. The average molecular weight is 234 g/mol. The number of hydrogen-bond acceptors (Lipinski definition) is 4. The maximum atomic E-state index is 9.86. The Balaban J connectivity index is 2.46. The summed E-state index contributed by atoms with van der Waals surface area (Å²) >= 11 is 1.57. The normalized spacial score (nSPS) is 12.7. The number of aromatic hydroxyl groups is 1. The van der Waals surface area contributed by atoms with E-state index in [1.807, 2.05) is 26.0 Å². The summed E-state index contributed by atoms with van der Waals surface area (Å²) in [5.74, 6) is 0.250. The van der Waals surface area contributed by atoms with Crippen molar-refractivity contribution in [3.8, 4) is 16.2 Å². The first-order valence-corrected chi connectivity index (χ1v) is 5.96. The van der Waals surface area contributed by atoms with Crippen LogP contribution in [0.5, 0.6) is 5.75 Å². The second-order valence-electron chi connectivity index (χ2n) is 3.83. The highest BCUT2D eigenvalue weighted by molar-refractivity contribution is 7.13. The van der Waals surface area contributed by atoms with Crippen molar-refractivity contribution in [2.24, 2.45) is 5.73 Å². The van der Waals surface area contributed by atoms with Crippen molar-refractivity contribution >= 4 is 11.3 Å². The van der Waals surface area contributed by atoms with Gasteiger partial charge in [-0.05, 0) is 25.5 Å².